The minimum absolute atomic E-state index is 0.123. The molecule has 0 spiro atoms. The van der Waals surface area contributed by atoms with E-state index >= 15 is 0 Å². The van der Waals surface area contributed by atoms with Crippen molar-refractivity contribution in [1.82, 2.24) is 4.90 Å². The van der Waals surface area contributed by atoms with Crippen LogP contribution in [0.4, 0.5) is 4.79 Å². The first-order valence-electron chi connectivity index (χ1n) is 13.2. The third kappa shape index (κ3) is 3.76. The molecule has 0 saturated heterocycles. The van der Waals surface area contributed by atoms with Crippen LogP contribution in [0.5, 0.6) is 0 Å². The van der Waals surface area contributed by atoms with Gasteiger partial charge < -0.3 is 14.7 Å². The molecule has 0 aliphatic heterocycles. The van der Waals surface area contributed by atoms with Gasteiger partial charge in [-0.3, -0.25) is 4.79 Å². The molecular formula is C27H45NO4. The lowest BCUT2D eigenvalue weighted by atomic mass is 9.44. The lowest BCUT2D eigenvalue weighted by Crippen LogP contribution is -2.55. The molecule has 5 heteroatoms. The molecule has 4 aliphatic carbocycles. The van der Waals surface area contributed by atoms with Crippen molar-refractivity contribution in [3.05, 3.63) is 0 Å². The number of carboxylic acid groups (broad SMARTS) is 1. The first kappa shape index (κ1) is 23.9. The summed E-state index contributed by atoms with van der Waals surface area (Å²) in [6, 6.07) is 0.498. The molecule has 0 heterocycles. The summed E-state index contributed by atoms with van der Waals surface area (Å²) in [5, 5.41) is 9.07. The van der Waals surface area contributed by atoms with Gasteiger partial charge >= 0.3 is 6.16 Å². The van der Waals surface area contributed by atoms with Crippen molar-refractivity contribution >= 4 is 12.1 Å². The Morgan fingerprint density at radius 3 is 2.12 bits per heavy atom. The number of hydrogen-bond acceptors (Lipinski definition) is 3. The van der Waals surface area contributed by atoms with E-state index in [1.165, 1.54) is 25.7 Å². The van der Waals surface area contributed by atoms with Crippen molar-refractivity contribution in [2.24, 2.45) is 40.4 Å². The van der Waals surface area contributed by atoms with Gasteiger partial charge in [0.05, 0.1) is 0 Å². The van der Waals surface area contributed by atoms with Gasteiger partial charge in [0.2, 0.25) is 5.91 Å². The van der Waals surface area contributed by atoms with E-state index in [1.54, 1.807) is 0 Å². The van der Waals surface area contributed by atoms with E-state index in [4.69, 9.17) is 9.84 Å². The first-order chi connectivity index (χ1) is 15.0. The maximum Gasteiger partial charge on any atom is 0.506 e. The highest BCUT2D eigenvalue weighted by molar-refractivity contribution is 5.80. The van der Waals surface area contributed by atoms with Crippen LogP contribution < -0.4 is 0 Å². The second-order valence-electron chi connectivity index (χ2n) is 12.5. The molecule has 32 heavy (non-hydrogen) atoms. The minimum atomic E-state index is -1.13. The van der Waals surface area contributed by atoms with Crippen LogP contribution in [0.1, 0.15) is 99.3 Å². The smallest absolute Gasteiger partial charge is 0.450 e. The molecule has 0 aromatic carbocycles. The molecule has 1 amide bonds. The summed E-state index contributed by atoms with van der Waals surface area (Å²) < 4.78 is 5.18. The first-order valence-corrected chi connectivity index (χ1v) is 13.2. The van der Waals surface area contributed by atoms with Crippen molar-refractivity contribution < 1.29 is 19.4 Å². The maximum absolute atomic E-state index is 13.7. The van der Waals surface area contributed by atoms with E-state index in [0.29, 0.717) is 29.1 Å². The Balaban J connectivity index is 1.52. The van der Waals surface area contributed by atoms with E-state index in [-0.39, 0.29) is 29.5 Å². The molecule has 5 nitrogen and oxygen atoms in total. The Labute approximate surface area is 194 Å². The SMILES string of the molecule is CC(C)N(C(=O)[C@H]1CC[C@H]2[C@@H]3CC[C@H]4C[C@@H](OC(=O)O)CC[C@]4(C)[C@H]3CC[C@]12C)C(C)C. The second-order valence-corrected chi connectivity index (χ2v) is 12.5. The fourth-order valence-corrected chi connectivity index (χ4v) is 9.16. The Kier molecular flexibility index (Phi) is 6.35. The van der Waals surface area contributed by atoms with E-state index in [0.717, 1.165) is 38.0 Å². The van der Waals surface area contributed by atoms with Crippen LogP contribution in [0.15, 0.2) is 0 Å². The summed E-state index contributed by atoms with van der Waals surface area (Å²) in [5.74, 6) is 3.22. The number of carbonyl (C=O) groups excluding carboxylic acids is 1. The molecule has 182 valence electrons. The zero-order valence-corrected chi connectivity index (χ0v) is 21.1. The minimum Gasteiger partial charge on any atom is -0.450 e. The fraction of sp³-hybridized carbons (Fsp3) is 0.926. The summed E-state index contributed by atoms with van der Waals surface area (Å²) in [6.45, 7) is 13.5. The number of fused-ring (bicyclic) bond motifs is 5. The number of rotatable bonds is 4. The number of hydrogen-bond donors (Lipinski definition) is 1. The molecule has 4 rings (SSSR count). The molecule has 4 aliphatic rings. The van der Waals surface area contributed by atoms with Gasteiger partial charge in [-0.15, -0.1) is 0 Å². The van der Waals surface area contributed by atoms with Crippen molar-refractivity contribution in [3.63, 3.8) is 0 Å². The van der Waals surface area contributed by atoms with Gasteiger partial charge in [-0.2, -0.15) is 0 Å². The lowest BCUT2D eigenvalue weighted by molar-refractivity contribution is -0.152. The quantitative estimate of drug-likeness (QED) is 0.510. The summed E-state index contributed by atoms with van der Waals surface area (Å²) in [7, 11) is 0. The van der Waals surface area contributed by atoms with Gasteiger partial charge in [0, 0.05) is 18.0 Å². The third-order valence-electron chi connectivity index (χ3n) is 10.6. The van der Waals surface area contributed by atoms with Crippen LogP contribution in [-0.4, -0.2) is 40.3 Å². The highest BCUT2D eigenvalue weighted by atomic mass is 16.7. The molecule has 0 unspecified atom stereocenters. The third-order valence-corrected chi connectivity index (χ3v) is 10.6. The van der Waals surface area contributed by atoms with Gasteiger partial charge in [-0.25, -0.2) is 4.79 Å². The van der Waals surface area contributed by atoms with Gasteiger partial charge in [-0.05, 0) is 120 Å². The number of amides is 1. The Morgan fingerprint density at radius 2 is 1.50 bits per heavy atom. The van der Waals surface area contributed by atoms with Gasteiger partial charge in [0.1, 0.15) is 6.10 Å². The van der Waals surface area contributed by atoms with Crippen molar-refractivity contribution in [2.75, 3.05) is 0 Å². The van der Waals surface area contributed by atoms with Gasteiger partial charge in [0.25, 0.3) is 0 Å². The molecule has 0 aromatic heterocycles. The normalized spacial score (nSPS) is 43.4. The van der Waals surface area contributed by atoms with Gasteiger partial charge in [0.15, 0.2) is 0 Å². The van der Waals surface area contributed by atoms with Crippen LogP contribution in [0, 0.1) is 40.4 Å². The van der Waals surface area contributed by atoms with Crippen LogP contribution in [0.3, 0.4) is 0 Å². The summed E-state index contributed by atoms with van der Waals surface area (Å²) in [4.78, 5) is 26.9. The fourth-order valence-electron chi connectivity index (χ4n) is 9.16. The molecule has 4 saturated carbocycles. The molecule has 1 N–H and O–H groups in total. The zero-order valence-electron chi connectivity index (χ0n) is 21.1. The predicted octanol–water partition coefficient (Wildman–Crippen LogP) is 6.35. The van der Waals surface area contributed by atoms with E-state index in [2.05, 4.69) is 46.4 Å². The average Bonchev–Trinajstić information content (AvgIpc) is 3.04. The molecule has 8 atom stereocenters. The van der Waals surface area contributed by atoms with E-state index < -0.39 is 6.16 Å². The number of ether oxygens (including phenoxy) is 1. The van der Waals surface area contributed by atoms with Crippen LogP contribution in [0.25, 0.3) is 0 Å². The predicted molar refractivity (Wildman–Crippen MR) is 125 cm³/mol. The van der Waals surface area contributed by atoms with Crippen molar-refractivity contribution in [1.29, 1.82) is 0 Å². The van der Waals surface area contributed by atoms with Gasteiger partial charge in [-0.1, -0.05) is 13.8 Å². The Morgan fingerprint density at radius 1 is 0.875 bits per heavy atom. The molecular weight excluding hydrogens is 402 g/mol. The van der Waals surface area contributed by atoms with E-state index in [9.17, 15) is 9.59 Å². The van der Waals surface area contributed by atoms with Crippen LogP contribution in [0.2, 0.25) is 0 Å². The molecule has 0 radical (unpaired) electrons. The number of carbonyl (C=O) groups is 2. The summed E-state index contributed by atoms with van der Waals surface area (Å²) in [5.41, 5.74) is 0.430. The largest absolute Gasteiger partial charge is 0.506 e. The maximum atomic E-state index is 13.7. The molecule has 0 aromatic rings. The van der Waals surface area contributed by atoms with Crippen LogP contribution >= 0.6 is 0 Å². The monoisotopic (exact) mass is 447 g/mol. The van der Waals surface area contributed by atoms with Crippen molar-refractivity contribution in [2.45, 2.75) is 118 Å². The highest BCUT2D eigenvalue weighted by Gasteiger charge is 2.61. The number of nitrogens with zero attached hydrogens (tertiary/aromatic N) is 1. The van der Waals surface area contributed by atoms with Crippen molar-refractivity contribution in [3.8, 4) is 0 Å². The second kappa shape index (κ2) is 8.51. The Bertz CT molecular complexity index is 727. The highest BCUT2D eigenvalue weighted by Crippen LogP contribution is 2.67. The summed E-state index contributed by atoms with van der Waals surface area (Å²) >= 11 is 0. The zero-order chi connectivity index (χ0) is 23.4. The Hall–Kier alpha value is -1.26. The topological polar surface area (TPSA) is 66.8 Å². The van der Waals surface area contributed by atoms with E-state index in [1.807, 2.05) is 0 Å². The average molecular weight is 448 g/mol. The van der Waals surface area contributed by atoms with Crippen LogP contribution in [-0.2, 0) is 9.53 Å². The lowest BCUT2D eigenvalue weighted by Gasteiger charge is -2.61. The standard InChI is InChI=1S/C27H45NO4/c1-16(2)28(17(3)4)24(29)23-10-9-21-20-8-7-18-15-19(32-25(30)31)11-13-26(18,5)22(20)12-14-27(21,23)6/h16-23H,7-15H2,1-6H3,(H,30,31)/t18-,19-,20-,21-,22-,23+,26-,27-/m0/s1. The summed E-state index contributed by atoms with van der Waals surface area (Å²) in [6.07, 6.45) is 8.65. The molecule has 0 bridgehead atoms. The molecule has 4 fully saturated rings.